The predicted molar refractivity (Wildman–Crippen MR) is 43.6 cm³/mol. The normalized spacial score (nSPS) is 40.8. The molecular formula is C10H17. The highest BCUT2D eigenvalue weighted by Gasteiger charge is 2.22. The molecule has 2 bridgehead atoms. The Hall–Kier alpha value is 0. The van der Waals surface area contributed by atoms with Gasteiger partial charge in [-0.3, -0.25) is 0 Å². The Morgan fingerprint density at radius 1 is 0.800 bits per heavy atom. The van der Waals surface area contributed by atoms with E-state index in [2.05, 4.69) is 6.42 Å². The summed E-state index contributed by atoms with van der Waals surface area (Å²) in [5.41, 5.74) is 0. The van der Waals surface area contributed by atoms with E-state index in [1.807, 2.05) is 0 Å². The minimum absolute atomic E-state index is 1.08. The SMILES string of the molecule is [CH]1CCC2CCC(C1)CC2. The van der Waals surface area contributed by atoms with Crippen LogP contribution in [0.1, 0.15) is 44.9 Å². The van der Waals surface area contributed by atoms with E-state index in [9.17, 15) is 0 Å². The maximum absolute atomic E-state index is 2.52. The van der Waals surface area contributed by atoms with E-state index in [1.54, 1.807) is 12.8 Å². The van der Waals surface area contributed by atoms with Gasteiger partial charge in [0.05, 0.1) is 0 Å². The van der Waals surface area contributed by atoms with Gasteiger partial charge in [-0.05, 0) is 31.1 Å². The summed E-state index contributed by atoms with van der Waals surface area (Å²) >= 11 is 0. The summed E-state index contributed by atoms with van der Waals surface area (Å²) < 4.78 is 0. The van der Waals surface area contributed by atoms with Gasteiger partial charge in [0, 0.05) is 0 Å². The molecule has 0 aromatic rings. The third-order valence-electron chi connectivity index (χ3n) is 3.25. The smallest absolute Gasteiger partial charge is 0.0383 e. The van der Waals surface area contributed by atoms with E-state index < -0.39 is 0 Å². The largest absolute Gasteiger partial charge is 0.0502 e. The molecule has 0 unspecified atom stereocenters. The first kappa shape index (κ1) is 6.69. The van der Waals surface area contributed by atoms with Crippen molar-refractivity contribution in [3.05, 3.63) is 6.42 Å². The number of hydrogen-bond donors (Lipinski definition) is 0. The highest BCUT2D eigenvalue weighted by Crippen LogP contribution is 2.36. The summed E-state index contributed by atoms with van der Waals surface area (Å²) in [6.07, 6.45) is 13.0. The Morgan fingerprint density at radius 3 is 2.30 bits per heavy atom. The zero-order valence-electron chi connectivity index (χ0n) is 6.68. The van der Waals surface area contributed by atoms with Gasteiger partial charge in [-0.1, -0.05) is 32.1 Å². The van der Waals surface area contributed by atoms with E-state index >= 15 is 0 Å². The van der Waals surface area contributed by atoms with Gasteiger partial charge in [0.1, 0.15) is 0 Å². The molecule has 0 aliphatic heterocycles. The molecule has 0 N–H and O–H groups in total. The number of rotatable bonds is 0. The van der Waals surface area contributed by atoms with Gasteiger partial charge in [0.25, 0.3) is 0 Å². The van der Waals surface area contributed by atoms with E-state index in [1.165, 1.54) is 32.1 Å². The van der Waals surface area contributed by atoms with Crippen LogP contribution >= 0.6 is 0 Å². The van der Waals surface area contributed by atoms with E-state index in [4.69, 9.17) is 0 Å². The molecule has 1 radical (unpaired) electrons. The van der Waals surface area contributed by atoms with Crippen LogP contribution in [0.5, 0.6) is 0 Å². The van der Waals surface area contributed by atoms with E-state index in [0.717, 1.165) is 11.8 Å². The minimum atomic E-state index is 1.08. The predicted octanol–water partition coefficient (Wildman–Crippen LogP) is 3.18. The molecule has 0 saturated heterocycles. The average molecular weight is 137 g/mol. The summed E-state index contributed by atoms with van der Waals surface area (Å²) in [7, 11) is 0. The molecule has 0 heteroatoms. The van der Waals surface area contributed by atoms with E-state index in [-0.39, 0.29) is 0 Å². The molecule has 3 aliphatic rings. The number of fused-ring (bicyclic) bond motifs is 5. The third kappa shape index (κ3) is 1.36. The van der Waals surface area contributed by atoms with Crippen molar-refractivity contribution in [1.82, 2.24) is 0 Å². The lowest BCUT2D eigenvalue weighted by Gasteiger charge is -2.31. The van der Waals surface area contributed by atoms with E-state index in [0.29, 0.717) is 0 Å². The minimum Gasteiger partial charge on any atom is -0.0502 e. The van der Waals surface area contributed by atoms with Gasteiger partial charge in [0.15, 0.2) is 0 Å². The fourth-order valence-corrected chi connectivity index (χ4v) is 2.46. The molecule has 0 spiro atoms. The van der Waals surface area contributed by atoms with Crippen LogP contribution in [0.3, 0.4) is 0 Å². The molecule has 57 valence electrons. The monoisotopic (exact) mass is 137 g/mol. The first-order valence-electron chi connectivity index (χ1n) is 4.77. The molecule has 0 heterocycles. The van der Waals surface area contributed by atoms with Gasteiger partial charge in [-0.25, -0.2) is 0 Å². The summed E-state index contributed by atoms with van der Waals surface area (Å²) in [5, 5.41) is 0. The lowest BCUT2D eigenvalue weighted by Crippen LogP contribution is -2.17. The second-order valence-electron chi connectivity index (χ2n) is 3.99. The number of hydrogen-bond acceptors (Lipinski definition) is 0. The topological polar surface area (TPSA) is 0 Å². The Kier molecular flexibility index (Phi) is 1.97. The molecule has 0 aromatic heterocycles. The lowest BCUT2D eigenvalue weighted by atomic mass is 9.75. The van der Waals surface area contributed by atoms with Crippen LogP contribution in [0.2, 0.25) is 0 Å². The molecule has 10 heavy (non-hydrogen) atoms. The molecule has 0 atom stereocenters. The van der Waals surface area contributed by atoms with Gasteiger partial charge < -0.3 is 0 Å². The second kappa shape index (κ2) is 2.94. The van der Waals surface area contributed by atoms with Crippen molar-refractivity contribution >= 4 is 0 Å². The van der Waals surface area contributed by atoms with Crippen LogP contribution in [0.25, 0.3) is 0 Å². The average Bonchev–Trinajstić information content (AvgIpc) is 1.89. The Morgan fingerprint density at radius 2 is 1.50 bits per heavy atom. The highest BCUT2D eigenvalue weighted by molar-refractivity contribution is 4.82. The Bertz CT molecular complexity index is 79.1. The first-order valence-corrected chi connectivity index (χ1v) is 4.77. The van der Waals surface area contributed by atoms with Gasteiger partial charge in [-0.15, -0.1) is 0 Å². The maximum Gasteiger partial charge on any atom is -0.0383 e. The maximum atomic E-state index is 2.52. The van der Waals surface area contributed by atoms with Crippen LogP contribution in [0.15, 0.2) is 0 Å². The zero-order chi connectivity index (χ0) is 6.81. The van der Waals surface area contributed by atoms with Gasteiger partial charge in [-0.2, -0.15) is 0 Å². The van der Waals surface area contributed by atoms with Crippen molar-refractivity contribution in [3.8, 4) is 0 Å². The Balaban J connectivity index is 1.94. The summed E-state index contributed by atoms with van der Waals surface area (Å²) in [6.45, 7) is 0. The van der Waals surface area contributed by atoms with Crippen molar-refractivity contribution in [2.75, 3.05) is 0 Å². The van der Waals surface area contributed by atoms with Crippen LogP contribution < -0.4 is 0 Å². The van der Waals surface area contributed by atoms with Crippen molar-refractivity contribution < 1.29 is 0 Å². The molecule has 0 aromatic carbocycles. The summed E-state index contributed by atoms with van der Waals surface area (Å²) in [6, 6.07) is 0. The fraction of sp³-hybridized carbons (Fsp3) is 0.900. The highest BCUT2D eigenvalue weighted by atomic mass is 14.3. The summed E-state index contributed by atoms with van der Waals surface area (Å²) in [5.74, 6) is 2.18. The van der Waals surface area contributed by atoms with Crippen LogP contribution in [0, 0.1) is 18.3 Å². The van der Waals surface area contributed by atoms with Gasteiger partial charge in [0.2, 0.25) is 0 Å². The van der Waals surface area contributed by atoms with Crippen molar-refractivity contribution in [2.24, 2.45) is 11.8 Å². The molecule has 0 amide bonds. The third-order valence-corrected chi connectivity index (χ3v) is 3.25. The van der Waals surface area contributed by atoms with Gasteiger partial charge >= 0.3 is 0 Å². The standard InChI is InChI=1S/C10H17/c1-2-4-10-7-5-9(3-1)6-8-10/h1,9-10H,2-8H2. The quantitative estimate of drug-likeness (QED) is 0.481. The van der Waals surface area contributed by atoms with Crippen LogP contribution in [-0.4, -0.2) is 0 Å². The molecule has 3 rings (SSSR count). The molecular weight excluding hydrogens is 120 g/mol. The molecule has 3 aliphatic carbocycles. The molecule has 3 saturated carbocycles. The van der Waals surface area contributed by atoms with Crippen molar-refractivity contribution in [2.45, 2.75) is 44.9 Å². The molecule has 0 nitrogen and oxygen atoms in total. The lowest BCUT2D eigenvalue weighted by molar-refractivity contribution is 0.240. The molecule has 3 fully saturated rings. The van der Waals surface area contributed by atoms with Crippen molar-refractivity contribution in [1.29, 1.82) is 0 Å². The second-order valence-corrected chi connectivity index (χ2v) is 3.99. The Labute approximate surface area is 64.0 Å². The first-order chi connectivity index (χ1) is 4.95. The van der Waals surface area contributed by atoms with Crippen LogP contribution in [0.4, 0.5) is 0 Å². The van der Waals surface area contributed by atoms with Crippen molar-refractivity contribution in [3.63, 3.8) is 0 Å². The zero-order valence-corrected chi connectivity index (χ0v) is 6.68. The van der Waals surface area contributed by atoms with Crippen LogP contribution in [-0.2, 0) is 0 Å². The fourth-order valence-electron chi connectivity index (χ4n) is 2.46. The summed E-state index contributed by atoms with van der Waals surface area (Å²) in [4.78, 5) is 0.